The Balaban J connectivity index is 2.52. The second-order valence-electron chi connectivity index (χ2n) is 4.47. The second kappa shape index (κ2) is 5.23. The average molecular weight is 323 g/mol. The van der Waals surface area contributed by atoms with Crippen molar-refractivity contribution in [2.24, 2.45) is 0 Å². The van der Waals surface area contributed by atoms with E-state index in [0.717, 1.165) is 6.29 Å². The molecule has 1 unspecified atom stereocenters. The zero-order valence-corrected chi connectivity index (χ0v) is 11.8. The van der Waals surface area contributed by atoms with Gasteiger partial charge in [-0.2, -0.15) is 0 Å². The number of aldehydes is 1. The Bertz CT molecular complexity index is 606. The van der Waals surface area contributed by atoms with Crippen molar-refractivity contribution in [1.82, 2.24) is 0 Å². The number of benzene rings is 2. The van der Waals surface area contributed by atoms with Gasteiger partial charge < -0.3 is 5.11 Å². The first-order valence-electron chi connectivity index (χ1n) is 5.68. The summed E-state index contributed by atoms with van der Waals surface area (Å²) in [6.45, 7) is 1.61. The molecule has 0 radical (unpaired) electrons. The summed E-state index contributed by atoms with van der Waals surface area (Å²) in [5.41, 5.74) is 0.293. The lowest BCUT2D eigenvalue weighted by atomic mass is 9.87. The first kappa shape index (κ1) is 13.9. The van der Waals surface area contributed by atoms with Crippen molar-refractivity contribution in [3.63, 3.8) is 0 Å². The topological polar surface area (TPSA) is 37.3 Å². The molecule has 1 atom stereocenters. The first-order valence-corrected chi connectivity index (χ1v) is 6.47. The van der Waals surface area contributed by atoms with Gasteiger partial charge in [-0.3, -0.25) is 4.79 Å². The molecule has 0 saturated carbocycles. The van der Waals surface area contributed by atoms with Crippen molar-refractivity contribution in [2.45, 2.75) is 12.5 Å². The van der Waals surface area contributed by atoms with Crippen LogP contribution < -0.4 is 0 Å². The molecule has 4 heteroatoms. The Morgan fingerprint density at radius 2 is 1.79 bits per heavy atom. The van der Waals surface area contributed by atoms with Crippen LogP contribution in [0.15, 0.2) is 46.9 Å². The third kappa shape index (κ3) is 2.91. The highest BCUT2D eigenvalue weighted by molar-refractivity contribution is 9.10. The van der Waals surface area contributed by atoms with Crippen LogP contribution in [-0.4, -0.2) is 11.4 Å². The minimum Gasteiger partial charge on any atom is -0.381 e. The van der Waals surface area contributed by atoms with E-state index in [2.05, 4.69) is 15.9 Å². The fraction of sp³-hybridized carbons (Fsp3) is 0.133. The lowest BCUT2D eigenvalue weighted by Gasteiger charge is -2.25. The summed E-state index contributed by atoms with van der Waals surface area (Å²) in [7, 11) is 0. The summed E-state index contributed by atoms with van der Waals surface area (Å²) in [6, 6.07) is 10.6. The van der Waals surface area contributed by atoms with E-state index < -0.39 is 5.60 Å². The highest BCUT2D eigenvalue weighted by atomic mass is 79.9. The molecule has 98 valence electrons. The van der Waals surface area contributed by atoms with Crippen LogP contribution >= 0.6 is 15.9 Å². The minimum absolute atomic E-state index is 0.359. The zero-order chi connectivity index (χ0) is 14.0. The summed E-state index contributed by atoms with van der Waals surface area (Å²) in [5, 5.41) is 10.6. The SMILES string of the molecule is CC(O)(c1ccc(F)cc1)c1cc(Br)cc(C=O)c1. The second-order valence-corrected chi connectivity index (χ2v) is 5.39. The van der Waals surface area contributed by atoms with E-state index in [9.17, 15) is 14.3 Å². The van der Waals surface area contributed by atoms with Crippen LogP contribution in [0.25, 0.3) is 0 Å². The zero-order valence-electron chi connectivity index (χ0n) is 10.2. The standard InChI is InChI=1S/C15H12BrFO2/c1-15(19,11-2-4-14(17)5-3-11)12-6-10(9-18)7-13(16)8-12/h2-9,19H,1H3. The lowest BCUT2D eigenvalue weighted by Crippen LogP contribution is -2.23. The molecule has 1 N–H and O–H groups in total. The van der Waals surface area contributed by atoms with E-state index in [0.29, 0.717) is 21.2 Å². The van der Waals surface area contributed by atoms with Gasteiger partial charge in [-0.15, -0.1) is 0 Å². The quantitative estimate of drug-likeness (QED) is 0.876. The van der Waals surface area contributed by atoms with Gasteiger partial charge in [0.1, 0.15) is 17.7 Å². The molecule has 0 aliphatic heterocycles. The molecule has 0 amide bonds. The highest BCUT2D eigenvalue weighted by Crippen LogP contribution is 2.31. The van der Waals surface area contributed by atoms with Crippen LogP contribution in [0.5, 0.6) is 0 Å². The molecule has 2 aromatic carbocycles. The van der Waals surface area contributed by atoms with Gasteiger partial charge >= 0.3 is 0 Å². The molecule has 2 aromatic rings. The Morgan fingerprint density at radius 1 is 1.16 bits per heavy atom. The van der Waals surface area contributed by atoms with Gasteiger partial charge in [0.25, 0.3) is 0 Å². The largest absolute Gasteiger partial charge is 0.381 e. The lowest BCUT2D eigenvalue weighted by molar-refractivity contribution is 0.102. The predicted octanol–water partition coefficient (Wildman–Crippen LogP) is 3.66. The van der Waals surface area contributed by atoms with E-state index >= 15 is 0 Å². The monoisotopic (exact) mass is 322 g/mol. The summed E-state index contributed by atoms with van der Waals surface area (Å²) in [5.74, 6) is -0.359. The molecule has 19 heavy (non-hydrogen) atoms. The minimum atomic E-state index is -1.30. The third-order valence-electron chi connectivity index (χ3n) is 3.02. The fourth-order valence-electron chi connectivity index (χ4n) is 1.90. The maximum atomic E-state index is 12.9. The predicted molar refractivity (Wildman–Crippen MR) is 74.6 cm³/mol. The van der Waals surface area contributed by atoms with E-state index in [1.165, 1.54) is 24.3 Å². The molecular formula is C15H12BrFO2. The van der Waals surface area contributed by atoms with Crippen molar-refractivity contribution in [3.05, 3.63) is 69.4 Å². The number of carbonyl (C=O) groups excluding carboxylic acids is 1. The third-order valence-corrected chi connectivity index (χ3v) is 3.48. The van der Waals surface area contributed by atoms with Crippen molar-refractivity contribution < 1.29 is 14.3 Å². The van der Waals surface area contributed by atoms with Crippen LogP contribution in [0.1, 0.15) is 28.4 Å². The van der Waals surface area contributed by atoms with Crippen molar-refractivity contribution in [3.8, 4) is 0 Å². The van der Waals surface area contributed by atoms with Crippen LogP contribution in [0.4, 0.5) is 4.39 Å². The smallest absolute Gasteiger partial charge is 0.150 e. The molecule has 0 bridgehead atoms. The number of halogens is 2. The summed E-state index contributed by atoms with van der Waals surface area (Å²) < 4.78 is 13.6. The molecule has 0 aliphatic rings. The maximum absolute atomic E-state index is 12.9. The fourth-order valence-corrected chi connectivity index (χ4v) is 2.41. The molecule has 0 aliphatic carbocycles. The van der Waals surface area contributed by atoms with Gasteiger partial charge in [-0.05, 0) is 48.4 Å². The van der Waals surface area contributed by atoms with Gasteiger partial charge in [0.2, 0.25) is 0 Å². The number of rotatable bonds is 3. The van der Waals surface area contributed by atoms with Gasteiger partial charge in [0, 0.05) is 10.0 Å². The van der Waals surface area contributed by atoms with Crippen molar-refractivity contribution in [2.75, 3.05) is 0 Å². The normalized spacial score (nSPS) is 13.9. The molecule has 2 nitrogen and oxygen atoms in total. The maximum Gasteiger partial charge on any atom is 0.150 e. The summed E-state index contributed by atoms with van der Waals surface area (Å²) >= 11 is 3.30. The summed E-state index contributed by atoms with van der Waals surface area (Å²) in [4.78, 5) is 10.9. The number of aliphatic hydroxyl groups is 1. The van der Waals surface area contributed by atoms with E-state index in [4.69, 9.17) is 0 Å². The van der Waals surface area contributed by atoms with Crippen LogP contribution in [0.3, 0.4) is 0 Å². The molecule has 0 saturated heterocycles. The molecular weight excluding hydrogens is 311 g/mol. The van der Waals surface area contributed by atoms with Crippen LogP contribution in [-0.2, 0) is 5.60 Å². The van der Waals surface area contributed by atoms with Crippen LogP contribution in [0, 0.1) is 5.82 Å². The first-order chi connectivity index (χ1) is 8.93. The van der Waals surface area contributed by atoms with E-state index in [1.807, 2.05) is 0 Å². The van der Waals surface area contributed by atoms with E-state index in [1.54, 1.807) is 25.1 Å². The van der Waals surface area contributed by atoms with Gasteiger partial charge in [-0.25, -0.2) is 4.39 Å². The van der Waals surface area contributed by atoms with Gasteiger partial charge in [0.15, 0.2) is 0 Å². The Morgan fingerprint density at radius 3 is 2.37 bits per heavy atom. The molecule has 0 aromatic heterocycles. The number of hydrogen-bond donors (Lipinski definition) is 1. The Hall–Kier alpha value is -1.52. The molecule has 0 spiro atoms. The van der Waals surface area contributed by atoms with Crippen molar-refractivity contribution >= 4 is 22.2 Å². The molecule has 0 heterocycles. The Kier molecular flexibility index (Phi) is 3.83. The molecule has 0 fully saturated rings. The molecule has 2 rings (SSSR count). The average Bonchev–Trinajstić information content (AvgIpc) is 2.38. The number of hydrogen-bond acceptors (Lipinski definition) is 2. The Labute approximate surface area is 119 Å². The van der Waals surface area contributed by atoms with E-state index in [-0.39, 0.29) is 5.82 Å². The van der Waals surface area contributed by atoms with Crippen LogP contribution in [0.2, 0.25) is 0 Å². The van der Waals surface area contributed by atoms with Gasteiger partial charge in [-0.1, -0.05) is 28.1 Å². The summed E-state index contributed by atoms with van der Waals surface area (Å²) in [6.07, 6.45) is 0.717. The van der Waals surface area contributed by atoms with Gasteiger partial charge in [0.05, 0.1) is 0 Å². The van der Waals surface area contributed by atoms with Crippen molar-refractivity contribution in [1.29, 1.82) is 0 Å². The highest BCUT2D eigenvalue weighted by Gasteiger charge is 2.26. The number of carbonyl (C=O) groups is 1.